The molecule has 7 atom stereocenters. The van der Waals surface area contributed by atoms with Crippen LogP contribution in [-0.4, -0.2) is 77.2 Å². The Bertz CT molecular complexity index is 1360. The number of oxime groups is 2. The third kappa shape index (κ3) is 9.26. The van der Waals surface area contributed by atoms with Crippen molar-refractivity contribution in [1.29, 1.82) is 0 Å². The van der Waals surface area contributed by atoms with Crippen LogP contribution in [0, 0.1) is 28.6 Å². The van der Waals surface area contributed by atoms with Gasteiger partial charge in [0, 0.05) is 11.5 Å². The van der Waals surface area contributed by atoms with Crippen molar-refractivity contribution in [2.75, 3.05) is 20.8 Å². The lowest BCUT2D eigenvalue weighted by atomic mass is 9.45. The first kappa shape index (κ1) is 42.3. The van der Waals surface area contributed by atoms with Gasteiger partial charge in [0.15, 0.2) is 33.3 Å². The van der Waals surface area contributed by atoms with Crippen molar-refractivity contribution in [3.63, 3.8) is 0 Å². The maximum Gasteiger partial charge on any atom is 0.455 e. The summed E-state index contributed by atoms with van der Waals surface area (Å²) in [5.41, 5.74) is 2.06. The third-order valence-electron chi connectivity index (χ3n) is 11.0. The Labute approximate surface area is 307 Å². The molecule has 4 rings (SSSR count). The molecule has 50 heavy (non-hydrogen) atoms. The molecule has 3 saturated carbocycles. The van der Waals surface area contributed by atoms with E-state index in [1.165, 1.54) is 5.57 Å². The van der Waals surface area contributed by atoms with Crippen LogP contribution in [0.2, 0.25) is 78.6 Å². The predicted molar refractivity (Wildman–Crippen MR) is 214 cm³/mol. The quantitative estimate of drug-likeness (QED) is 0.0741. The van der Waals surface area contributed by atoms with Gasteiger partial charge in [0.05, 0.1) is 5.71 Å². The number of phosphoric acid groups is 1. The molecule has 0 bridgehead atoms. The minimum absolute atomic E-state index is 0.0216. The summed E-state index contributed by atoms with van der Waals surface area (Å²) in [7, 11) is -9.52. The Morgan fingerprint density at radius 2 is 1.46 bits per heavy atom. The number of allylic oxidation sites excluding steroid dienone is 2. The van der Waals surface area contributed by atoms with Gasteiger partial charge in [-0.2, -0.15) is 0 Å². The van der Waals surface area contributed by atoms with Crippen molar-refractivity contribution in [3.05, 3.63) is 11.6 Å². The Balaban J connectivity index is 1.83. The van der Waals surface area contributed by atoms with E-state index >= 15 is 0 Å². The topological polar surface area (TPSA) is 106 Å². The number of rotatable bonds is 14. The molecule has 15 heteroatoms. The van der Waals surface area contributed by atoms with Gasteiger partial charge in [-0.1, -0.05) is 29.7 Å². The van der Waals surface area contributed by atoms with Crippen molar-refractivity contribution >= 4 is 52.5 Å². The van der Waals surface area contributed by atoms with Crippen LogP contribution in [0.5, 0.6) is 0 Å². The first-order valence-corrected chi connectivity index (χ1v) is 33.7. The Morgan fingerprint density at radius 3 is 1.98 bits per heavy atom. The second-order valence-electron chi connectivity index (χ2n) is 19.5. The summed E-state index contributed by atoms with van der Waals surface area (Å²) in [5, 5.41) is 9.07. The van der Waals surface area contributed by atoms with E-state index in [0.717, 1.165) is 50.7 Å². The van der Waals surface area contributed by atoms with E-state index in [0.29, 0.717) is 23.5 Å². The van der Waals surface area contributed by atoms with Crippen LogP contribution in [0.25, 0.3) is 0 Å². The molecule has 288 valence electrons. The Hall–Kier alpha value is -0.422. The minimum Gasteiger partial charge on any atom is -0.414 e. The van der Waals surface area contributed by atoms with Crippen LogP contribution < -0.4 is 0 Å². The van der Waals surface area contributed by atoms with E-state index in [9.17, 15) is 4.57 Å². The molecule has 0 aromatic rings. The normalized spacial score (nSPS) is 34.9. The number of hydrogen-bond donors (Lipinski definition) is 0. The number of nitrogens with zero attached hydrogens (tertiary/aromatic N) is 2. The highest BCUT2D eigenvalue weighted by Gasteiger charge is 2.70. The van der Waals surface area contributed by atoms with E-state index in [-0.39, 0.29) is 23.5 Å². The smallest absolute Gasteiger partial charge is 0.414 e. The summed E-state index contributed by atoms with van der Waals surface area (Å²) in [6, 6.07) is 0. The molecule has 10 nitrogen and oxygen atoms in total. The molecule has 0 spiro atoms. The zero-order valence-corrected chi connectivity index (χ0v) is 39.0. The summed E-state index contributed by atoms with van der Waals surface area (Å²) < 4.78 is 48.0. The summed E-state index contributed by atoms with van der Waals surface area (Å²) in [6.45, 7) is 30.5. The summed E-state index contributed by atoms with van der Waals surface area (Å²) in [5.74, 6) is 1.21. The van der Waals surface area contributed by atoms with E-state index in [1.54, 1.807) is 14.2 Å². The SMILES string of the molecule is CO/N=C1\C=C2CC[C@@H]3[C@H](C(O[Si](C)(C)C)C[C@@]4(C)[C@H]3CC[C@]4(O[Si](C)(C)C)/C(COP(=O)(O[Si](C)(C)C)O[Si](C)(C)C)=N\OC)[C@@]2(C)CC1. The fourth-order valence-electron chi connectivity index (χ4n) is 9.84. The van der Waals surface area contributed by atoms with Gasteiger partial charge in [0.1, 0.15) is 32.1 Å². The Morgan fingerprint density at radius 1 is 0.840 bits per heavy atom. The molecule has 0 aliphatic heterocycles. The molecule has 0 radical (unpaired) electrons. The van der Waals surface area contributed by atoms with Crippen LogP contribution in [-0.2, 0) is 36.0 Å². The van der Waals surface area contributed by atoms with Gasteiger partial charge in [-0.25, -0.2) is 4.57 Å². The van der Waals surface area contributed by atoms with Crippen LogP contribution >= 0.6 is 7.82 Å². The molecule has 4 aliphatic carbocycles. The molecule has 0 N–H and O–H groups in total. The van der Waals surface area contributed by atoms with Gasteiger partial charge < -0.3 is 27.0 Å². The van der Waals surface area contributed by atoms with Gasteiger partial charge in [0.2, 0.25) is 0 Å². The highest BCUT2D eigenvalue weighted by atomic mass is 31.2. The second kappa shape index (κ2) is 14.7. The van der Waals surface area contributed by atoms with Crippen molar-refractivity contribution in [1.82, 2.24) is 0 Å². The summed E-state index contributed by atoms with van der Waals surface area (Å²) in [4.78, 5) is 10.8. The average Bonchev–Trinajstić information content (AvgIpc) is 3.19. The number of hydrogen-bond acceptors (Lipinski definition) is 10. The molecule has 0 heterocycles. The third-order valence-corrected chi connectivity index (χ3v) is 19.6. The highest BCUT2D eigenvalue weighted by molar-refractivity contribution is 7.52. The van der Waals surface area contributed by atoms with Gasteiger partial charge >= 0.3 is 7.82 Å². The van der Waals surface area contributed by atoms with Gasteiger partial charge in [-0.15, -0.1) is 0 Å². The monoisotopic (exact) mass is 788 g/mol. The van der Waals surface area contributed by atoms with E-state index in [4.69, 9.17) is 36.6 Å². The molecular formula is C35H69N2O8PSi4. The fraction of sp³-hybridized carbons (Fsp3) is 0.886. The zero-order chi connectivity index (χ0) is 37.8. The largest absolute Gasteiger partial charge is 0.455 e. The van der Waals surface area contributed by atoms with Gasteiger partial charge in [-0.3, -0.25) is 4.52 Å². The fourth-order valence-corrected chi connectivity index (χ4v) is 19.0. The molecular weight excluding hydrogens is 720 g/mol. The maximum atomic E-state index is 14.4. The average molecular weight is 789 g/mol. The lowest BCUT2D eigenvalue weighted by Gasteiger charge is -2.63. The van der Waals surface area contributed by atoms with E-state index < -0.39 is 46.7 Å². The molecule has 0 aromatic carbocycles. The predicted octanol–water partition coefficient (Wildman–Crippen LogP) is 10.2. The second-order valence-corrected chi connectivity index (χ2v) is 39.5. The zero-order valence-electron chi connectivity index (χ0n) is 34.2. The van der Waals surface area contributed by atoms with E-state index in [2.05, 4.69) is 64.4 Å². The lowest BCUT2D eigenvalue weighted by Crippen LogP contribution is -2.65. The molecule has 4 aliphatic rings. The number of fused-ring (bicyclic) bond motifs is 5. The van der Waals surface area contributed by atoms with Crippen molar-refractivity contribution in [2.45, 2.75) is 149 Å². The summed E-state index contributed by atoms with van der Waals surface area (Å²) >= 11 is 0. The maximum absolute atomic E-state index is 14.4. The molecule has 0 aromatic heterocycles. The minimum atomic E-state index is -3.92. The summed E-state index contributed by atoms with van der Waals surface area (Å²) in [6.07, 6.45) is 9.08. The van der Waals surface area contributed by atoms with Crippen LogP contribution in [0.4, 0.5) is 0 Å². The lowest BCUT2D eigenvalue weighted by molar-refractivity contribution is -0.142. The highest BCUT2D eigenvalue weighted by Crippen LogP contribution is 2.69. The van der Waals surface area contributed by atoms with Crippen molar-refractivity contribution in [2.24, 2.45) is 38.9 Å². The van der Waals surface area contributed by atoms with Gasteiger partial charge in [0.25, 0.3) is 0 Å². The van der Waals surface area contributed by atoms with Crippen LogP contribution in [0.3, 0.4) is 0 Å². The van der Waals surface area contributed by atoms with Crippen molar-refractivity contribution < 1.29 is 36.0 Å². The molecule has 0 saturated heterocycles. The molecule has 3 fully saturated rings. The first-order chi connectivity index (χ1) is 22.7. The Kier molecular flexibility index (Phi) is 12.4. The molecule has 1 unspecified atom stereocenters. The van der Waals surface area contributed by atoms with Gasteiger partial charge in [-0.05, 0) is 153 Å². The molecule has 0 amide bonds. The van der Waals surface area contributed by atoms with E-state index in [1.807, 2.05) is 39.3 Å². The van der Waals surface area contributed by atoms with Crippen LogP contribution in [0.15, 0.2) is 22.0 Å². The van der Waals surface area contributed by atoms with Crippen LogP contribution in [0.1, 0.15) is 58.8 Å². The first-order valence-electron chi connectivity index (χ1n) is 18.7. The standard InChI is InChI=1S/C35H69N2O8PSi4/c1-33-21-19-27(36-39-3)23-26(33)17-18-28-29-20-22-35(43-48(8,9)10,34(29,2)24-30(32(28)33)42-47(5,6)7)31(37-40-4)25-41-46(38,44-49(11,12)13)45-50(14,15)16/h23,28-30,32H,17-22,24-25H2,1-16H3/b36-27-,37-31-/t28-,29-,30?,32+,33-,34-,35-/m0/s1. The van der Waals surface area contributed by atoms with Crippen molar-refractivity contribution in [3.8, 4) is 0 Å².